The number of anilines is 1. The average molecular weight is 264 g/mol. The third-order valence-electron chi connectivity index (χ3n) is 2.89. The fourth-order valence-corrected chi connectivity index (χ4v) is 3.30. The van der Waals surface area contributed by atoms with Crippen molar-refractivity contribution in [1.29, 1.82) is 0 Å². The molecule has 0 aliphatic heterocycles. The van der Waals surface area contributed by atoms with Crippen LogP contribution in [0, 0.1) is 5.41 Å². The number of nitrogens with one attached hydrogen (secondary N) is 1. The van der Waals surface area contributed by atoms with Gasteiger partial charge in [0.15, 0.2) is 5.82 Å². The van der Waals surface area contributed by atoms with Crippen molar-refractivity contribution in [1.82, 2.24) is 9.97 Å². The van der Waals surface area contributed by atoms with Crippen molar-refractivity contribution in [3.05, 3.63) is 17.3 Å². The molecule has 2 aromatic heterocycles. The molecule has 5 heteroatoms. The summed E-state index contributed by atoms with van der Waals surface area (Å²) in [4.78, 5) is 10.8. The van der Waals surface area contributed by atoms with E-state index < -0.39 is 0 Å². The van der Waals surface area contributed by atoms with Gasteiger partial charge in [-0.25, -0.2) is 15.8 Å². The van der Waals surface area contributed by atoms with Crippen LogP contribution in [-0.4, -0.2) is 9.97 Å². The molecule has 2 rings (SSSR count). The van der Waals surface area contributed by atoms with Gasteiger partial charge < -0.3 is 5.43 Å². The summed E-state index contributed by atoms with van der Waals surface area (Å²) in [7, 11) is 0. The third-order valence-corrected chi connectivity index (χ3v) is 4.16. The van der Waals surface area contributed by atoms with Crippen molar-refractivity contribution in [2.75, 3.05) is 5.43 Å². The Bertz CT molecular complexity index is 541. The molecule has 2 heterocycles. The summed E-state index contributed by atoms with van der Waals surface area (Å²) in [5.41, 5.74) is 2.96. The summed E-state index contributed by atoms with van der Waals surface area (Å²) < 4.78 is 0. The highest BCUT2D eigenvalue weighted by atomic mass is 32.1. The maximum atomic E-state index is 5.47. The van der Waals surface area contributed by atoms with E-state index in [9.17, 15) is 0 Å². The van der Waals surface area contributed by atoms with Gasteiger partial charge in [-0.05, 0) is 23.8 Å². The standard InChI is InChI=1S/C13H20N4S/c1-8(6-13(2,3)4)10-5-9-11(17-14)15-7-16-12(9)18-10/h5,7-8H,6,14H2,1-4H3,(H,15,16,17). The quantitative estimate of drug-likeness (QED) is 0.657. The first-order valence-corrected chi connectivity index (χ1v) is 6.93. The lowest BCUT2D eigenvalue weighted by Crippen LogP contribution is -2.09. The van der Waals surface area contributed by atoms with Crippen LogP contribution in [0.15, 0.2) is 12.4 Å². The van der Waals surface area contributed by atoms with E-state index in [0.717, 1.165) is 16.6 Å². The van der Waals surface area contributed by atoms with Crippen LogP contribution in [0.5, 0.6) is 0 Å². The number of nitrogens with zero attached hydrogens (tertiary/aromatic N) is 2. The third kappa shape index (κ3) is 2.79. The van der Waals surface area contributed by atoms with Crippen LogP contribution in [-0.2, 0) is 0 Å². The largest absolute Gasteiger partial charge is 0.308 e. The molecule has 1 unspecified atom stereocenters. The van der Waals surface area contributed by atoms with Gasteiger partial charge >= 0.3 is 0 Å². The zero-order valence-corrected chi connectivity index (χ0v) is 12.1. The minimum Gasteiger partial charge on any atom is -0.308 e. The summed E-state index contributed by atoms with van der Waals surface area (Å²) in [6.07, 6.45) is 2.70. The van der Waals surface area contributed by atoms with E-state index in [4.69, 9.17) is 5.84 Å². The predicted octanol–water partition coefficient (Wildman–Crippen LogP) is 3.52. The van der Waals surface area contributed by atoms with Crippen molar-refractivity contribution in [2.24, 2.45) is 11.3 Å². The second kappa shape index (κ2) is 4.82. The molecule has 98 valence electrons. The first kappa shape index (κ1) is 13.2. The van der Waals surface area contributed by atoms with Crippen molar-refractivity contribution in [3.63, 3.8) is 0 Å². The molecule has 0 saturated heterocycles. The smallest absolute Gasteiger partial charge is 0.152 e. The maximum Gasteiger partial charge on any atom is 0.152 e. The number of nitrogens with two attached hydrogens (primary N) is 1. The molecule has 0 aliphatic rings. The summed E-state index contributed by atoms with van der Waals surface area (Å²) in [6.45, 7) is 9.06. The molecule has 2 aromatic rings. The van der Waals surface area contributed by atoms with E-state index >= 15 is 0 Å². The summed E-state index contributed by atoms with van der Waals surface area (Å²) in [5, 5.41) is 1.01. The first-order chi connectivity index (χ1) is 8.40. The first-order valence-electron chi connectivity index (χ1n) is 6.12. The second-order valence-electron chi connectivity index (χ2n) is 5.90. The lowest BCUT2D eigenvalue weighted by atomic mass is 9.85. The summed E-state index contributed by atoms with van der Waals surface area (Å²) in [6, 6.07) is 2.16. The predicted molar refractivity (Wildman–Crippen MR) is 77.7 cm³/mol. The Morgan fingerprint density at radius 3 is 2.72 bits per heavy atom. The van der Waals surface area contributed by atoms with Gasteiger partial charge in [0.1, 0.15) is 11.2 Å². The molecule has 0 spiro atoms. The van der Waals surface area contributed by atoms with Crippen molar-refractivity contribution in [3.8, 4) is 0 Å². The van der Waals surface area contributed by atoms with Gasteiger partial charge in [0, 0.05) is 4.88 Å². The molecule has 3 N–H and O–H groups in total. The van der Waals surface area contributed by atoms with Crippen molar-refractivity contribution >= 4 is 27.4 Å². The van der Waals surface area contributed by atoms with Gasteiger partial charge in [-0.1, -0.05) is 27.7 Å². The fraction of sp³-hybridized carbons (Fsp3) is 0.538. The van der Waals surface area contributed by atoms with Crippen LogP contribution in [0.1, 0.15) is 44.9 Å². The summed E-state index contributed by atoms with van der Waals surface area (Å²) in [5.74, 6) is 6.69. The monoisotopic (exact) mass is 264 g/mol. The minimum absolute atomic E-state index is 0.330. The SMILES string of the molecule is CC(CC(C)(C)C)c1cc2c(NN)ncnc2s1. The van der Waals surface area contributed by atoms with Crippen molar-refractivity contribution < 1.29 is 0 Å². The topological polar surface area (TPSA) is 63.8 Å². The molecular formula is C13H20N4S. The Kier molecular flexibility index (Phi) is 3.54. The average Bonchev–Trinajstić information content (AvgIpc) is 2.70. The number of rotatable bonds is 3. The fourth-order valence-electron chi connectivity index (χ4n) is 2.25. The van der Waals surface area contributed by atoms with Crippen molar-refractivity contribution in [2.45, 2.75) is 40.0 Å². The maximum absolute atomic E-state index is 5.47. The van der Waals surface area contributed by atoms with E-state index in [2.05, 4.69) is 49.2 Å². The normalized spacial score (nSPS) is 13.8. The number of hydrogen-bond donors (Lipinski definition) is 2. The van der Waals surface area contributed by atoms with Crippen LogP contribution in [0.2, 0.25) is 0 Å². The van der Waals surface area contributed by atoms with E-state index in [0.29, 0.717) is 17.2 Å². The number of hydrogen-bond acceptors (Lipinski definition) is 5. The molecule has 4 nitrogen and oxygen atoms in total. The van der Waals surface area contributed by atoms with E-state index in [1.165, 1.54) is 4.88 Å². The van der Waals surface area contributed by atoms with Gasteiger partial charge in [0.2, 0.25) is 0 Å². The number of thiophene rings is 1. The molecule has 1 atom stereocenters. The van der Waals surface area contributed by atoms with E-state index in [1.807, 2.05) is 0 Å². The van der Waals surface area contributed by atoms with E-state index in [-0.39, 0.29) is 0 Å². The zero-order chi connectivity index (χ0) is 13.3. The second-order valence-corrected chi connectivity index (χ2v) is 6.96. The van der Waals surface area contributed by atoms with Crippen LogP contribution < -0.4 is 11.3 Å². The summed E-state index contributed by atoms with van der Waals surface area (Å²) >= 11 is 1.73. The molecule has 0 bridgehead atoms. The van der Waals surface area contributed by atoms with Gasteiger partial charge in [0.25, 0.3) is 0 Å². The Morgan fingerprint density at radius 1 is 1.39 bits per heavy atom. The van der Waals surface area contributed by atoms with Gasteiger partial charge in [0.05, 0.1) is 5.39 Å². The molecule has 0 saturated carbocycles. The molecule has 0 radical (unpaired) electrons. The van der Waals surface area contributed by atoms with Crippen LogP contribution in [0.3, 0.4) is 0 Å². The number of aromatic nitrogens is 2. The van der Waals surface area contributed by atoms with Gasteiger partial charge in [-0.2, -0.15) is 0 Å². The minimum atomic E-state index is 0.330. The van der Waals surface area contributed by atoms with Gasteiger partial charge in [-0.3, -0.25) is 0 Å². The molecule has 0 fully saturated rings. The molecule has 0 aromatic carbocycles. The zero-order valence-electron chi connectivity index (χ0n) is 11.3. The lowest BCUT2D eigenvalue weighted by Gasteiger charge is -2.22. The highest BCUT2D eigenvalue weighted by Crippen LogP contribution is 2.37. The Morgan fingerprint density at radius 2 is 2.11 bits per heavy atom. The molecule has 18 heavy (non-hydrogen) atoms. The van der Waals surface area contributed by atoms with Crippen LogP contribution in [0.25, 0.3) is 10.2 Å². The number of fused-ring (bicyclic) bond motifs is 1. The Labute approximate surface area is 112 Å². The Hall–Kier alpha value is -1.20. The Balaban J connectivity index is 2.35. The van der Waals surface area contributed by atoms with E-state index in [1.54, 1.807) is 17.7 Å². The number of hydrazine groups is 1. The van der Waals surface area contributed by atoms with Gasteiger partial charge in [-0.15, -0.1) is 11.3 Å². The molecule has 0 aliphatic carbocycles. The number of nitrogen functional groups attached to an aromatic ring is 1. The highest BCUT2D eigenvalue weighted by molar-refractivity contribution is 7.18. The lowest BCUT2D eigenvalue weighted by molar-refractivity contribution is 0.351. The molecule has 0 amide bonds. The highest BCUT2D eigenvalue weighted by Gasteiger charge is 2.19. The van der Waals surface area contributed by atoms with Crippen LogP contribution >= 0.6 is 11.3 Å². The van der Waals surface area contributed by atoms with Crippen LogP contribution in [0.4, 0.5) is 5.82 Å². The molecular weight excluding hydrogens is 244 g/mol.